The molecular formula is C44H47ClN8O7. The van der Waals surface area contributed by atoms with Crippen LogP contribution in [0.3, 0.4) is 0 Å². The van der Waals surface area contributed by atoms with Crippen molar-refractivity contribution >= 4 is 52.5 Å². The third-order valence-corrected chi connectivity index (χ3v) is 11.3. The van der Waals surface area contributed by atoms with E-state index >= 15 is 0 Å². The molecule has 4 heterocycles. The molecule has 3 aliphatic rings. The number of hydrogen-bond acceptors (Lipinski definition) is 10. The summed E-state index contributed by atoms with van der Waals surface area (Å²) in [5, 5.41) is 17.7. The summed E-state index contributed by atoms with van der Waals surface area (Å²) in [5.74, 6) is -0.263. The molecule has 3 N–H and O–H groups in total. The number of aliphatic imine (C=N–C) groups is 1. The normalized spacial score (nSPS) is 17.5. The average Bonchev–Trinajstić information content (AvgIpc) is 3.69. The molecule has 312 valence electrons. The van der Waals surface area contributed by atoms with Crippen molar-refractivity contribution in [3.63, 3.8) is 0 Å². The van der Waals surface area contributed by atoms with Gasteiger partial charge in [-0.1, -0.05) is 68.6 Å². The predicted octanol–water partition coefficient (Wildman–Crippen LogP) is 5.26. The zero-order valence-electron chi connectivity index (χ0n) is 33.8. The van der Waals surface area contributed by atoms with Crippen LogP contribution in [0.15, 0.2) is 72.2 Å². The average molecular weight is 835 g/mol. The minimum atomic E-state index is -0.851. The molecule has 0 radical (unpaired) electrons. The van der Waals surface area contributed by atoms with Crippen molar-refractivity contribution in [1.29, 1.82) is 0 Å². The van der Waals surface area contributed by atoms with E-state index in [4.69, 9.17) is 26.1 Å². The van der Waals surface area contributed by atoms with Gasteiger partial charge < -0.3 is 20.1 Å². The second kappa shape index (κ2) is 18.3. The van der Waals surface area contributed by atoms with Crippen LogP contribution >= 0.6 is 11.6 Å². The molecule has 0 saturated carbocycles. The molecule has 0 bridgehead atoms. The topological polar surface area (TPSA) is 186 Å². The highest BCUT2D eigenvalue weighted by molar-refractivity contribution is 6.30. The molecule has 7 rings (SSSR count). The maximum atomic E-state index is 13.6. The molecule has 1 fully saturated rings. The summed E-state index contributed by atoms with van der Waals surface area (Å²) in [7, 11) is 1.62. The number of nitrogens with zero attached hydrogens (tertiary/aromatic N) is 5. The number of piperidine rings is 1. The molecule has 3 aliphatic heterocycles. The number of nitrogens with one attached hydrogen (secondary N) is 3. The van der Waals surface area contributed by atoms with Crippen molar-refractivity contribution in [3.05, 3.63) is 106 Å². The summed E-state index contributed by atoms with van der Waals surface area (Å²) < 4.78 is 13.3. The van der Waals surface area contributed by atoms with E-state index in [1.54, 1.807) is 25.3 Å². The Kier molecular flexibility index (Phi) is 12.7. The lowest BCUT2D eigenvalue weighted by molar-refractivity contribution is -0.136. The number of methoxy groups -OCH3 is 1. The van der Waals surface area contributed by atoms with E-state index in [-0.39, 0.29) is 48.5 Å². The number of fused-ring (bicyclic) bond motifs is 4. The van der Waals surface area contributed by atoms with Crippen LogP contribution in [0.5, 0.6) is 11.5 Å². The molecule has 5 amide bonds. The second-order valence-corrected chi connectivity index (χ2v) is 15.4. The third kappa shape index (κ3) is 8.67. The van der Waals surface area contributed by atoms with E-state index in [2.05, 4.69) is 32.7 Å². The van der Waals surface area contributed by atoms with Crippen molar-refractivity contribution in [2.24, 2.45) is 10.9 Å². The molecule has 4 aromatic rings. The highest BCUT2D eigenvalue weighted by Gasteiger charge is 2.43. The summed E-state index contributed by atoms with van der Waals surface area (Å²) in [6.07, 6.45) is 4.57. The molecule has 16 heteroatoms. The number of carbonyl (C=O) groups excluding carboxylic acids is 5. The van der Waals surface area contributed by atoms with Gasteiger partial charge in [-0.05, 0) is 62.6 Å². The molecule has 15 nitrogen and oxygen atoms in total. The lowest BCUT2D eigenvalue weighted by Crippen LogP contribution is -2.52. The Balaban J connectivity index is 0.855. The maximum absolute atomic E-state index is 13.6. The van der Waals surface area contributed by atoms with E-state index in [1.807, 2.05) is 60.9 Å². The Labute approximate surface area is 352 Å². The van der Waals surface area contributed by atoms with Crippen LogP contribution in [0.4, 0.5) is 0 Å². The monoisotopic (exact) mass is 834 g/mol. The summed E-state index contributed by atoms with van der Waals surface area (Å²) in [6, 6.07) is 16.7. The lowest BCUT2D eigenvalue weighted by Gasteiger charge is -2.30. The van der Waals surface area contributed by atoms with E-state index in [0.29, 0.717) is 52.5 Å². The summed E-state index contributed by atoms with van der Waals surface area (Å²) in [5.41, 5.74) is 4.30. The molecule has 1 aromatic heterocycles. The molecule has 60 heavy (non-hydrogen) atoms. The molecule has 0 aliphatic carbocycles. The van der Waals surface area contributed by atoms with Crippen LogP contribution in [0.1, 0.15) is 96.6 Å². The molecule has 3 atom stereocenters. The third-order valence-electron chi connectivity index (χ3n) is 11.0. The number of ether oxygens (including phenoxy) is 2. The molecule has 0 spiro atoms. The van der Waals surface area contributed by atoms with E-state index in [9.17, 15) is 24.0 Å². The minimum Gasteiger partial charge on any atom is -0.497 e. The van der Waals surface area contributed by atoms with Crippen molar-refractivity contribution in [2.75, 3.05) is 26.8 Å². The van der Waals surface area contributed by atoms with Gasteiger partial charge >= 0.3 is 0 Å². The molecule has 1 saturated heterocycles. The first-order valence-corrected chi connectivity index (χ1v) is 20.5. The zero-order valence-corrected chi connectivity index (χ0v) is 34.5. The molecular weight excluding hydrogens is 788 g/mol. The number of hydrogen-bond donors (Lipinski definition) is 3. The largest absolute Gasteiger partial charge is 0.497 e. The van der Waals surface area contributed by atoms with Gasteiger partial charge in [0.05, 0.1) is 30.0 Å². The zero-order chi connectivity index (χ0) is 42.5. The number of benzene rings is 3. The first-order chi connectivity index (χ1) is 29.0. The number of carbonyl (C=O) groups is 5. The van der Waals surface area contributed by atoms with Gasteiger partial charge in [-0.15, -0.1) is 10.2 Å². The predicted molar refractivity (Wildman–Crippen MR) is 224 cm³/mol. The number of rotatable bonds is 16. The fourth-order valence-electron chi connectivity index (χ4n) is 7.80. The van der Waals surface area contributed by atoms with Gasteiger partial charge in [0.1, 0.15) is 29.4 Å². The van der Waals surface area contributed by atoms with Crippen LogP contribution in [-0.4, -0.2) is 87.8 Å². The first kappa shape index (κ1) is 41.8. The van der Waals surface area contributed by atoms with Crippen LogP contribution in [0, 0.1) is 12.8 Å². The molecule has 3 aromatic carbocycles. The highest BCUT2D eigenvalue weighted by Crippen LogP contribution is 2.40. The van der Waals surface area contributed by atoms with E-state index in [1.165, 1.54) is 4.90 Å². The van der Waals surface area contributed by atoms with Crippen LogP contribution in [0.2, 0.25) is 5.02 Å². The highest BCUT2D eigenvalue weighted by atomic mass is 35.5. The summed E-state index contributed by atoms with van der Waals surface area (Å²) >= 11 is 6.24. The fraction of sp³-hybridized carbons (Fsp3) is 0.364. The van der Waals surface area contributed by atoms with Gasteiger partial charge in [-0.3, -0.25) is 43.7 Å². The van der Waals surface area contributed by atoms with Crippen LogP contribution in [-0.2, 0) is 19.2 Å². The smallest absolute Gasteiger partial charge is 0.263 e. The summed E-state index contributed by atoms with van der Waals surface area (Å²) in [4.78, 5) is 70.3. The maximum Gasteiger partial charge on any atom is 0.263 e. The van der Waals surface area contributed by atoms with Gasteiger partial charge in [0, 0.05) is 46.9 Å². The quantitative estimate of drug-likeness (QED) is 0.100. The fourth-order valence-corrected chi connectivity index (χ4v) is 7.92. The lowest BCUT2D eigenvalue weighted by atomic mass is 9.98. The minimum absolute atomic E-state index is 0.121. The van der Waals surface area contributed by atoms with Gasteiger partial charge in [0.15, 0.2) is 12.4 Å². The van der Waals surface area contributed by atoms with Crippen molar-refractivity contribution in [2.45, 2.75) is 70.9 Å². The second-order valence-electron chi connectivity index (χ2n) is 15.0. The SMILES string of the molecule is C=C1c2cccc(OCC(=O)NCCCCCCCNC(=O)[C@H](C)[C@@H]3N=C(c4ccc(Cl)cc4)c4cc(OC)ccc4-n4c(C)nnc43)c2C(=O)N1C1CCC(=O)NC1=O. The Bertz CT molecular complexity index is 2380. The van der Waals surface area contributed by atoms with Crippen LogP contribution < -0.4 is 25.4 Å². The Morgan fingerprint density at radius 1 is 0.967 bits per heavy atom. The Hall–Kier alpha value is -6.35. The number of unbranched alkanes of at least 4 members (excludes halogenated alkanes) is 4. The number of halogens is 1. The number of imide groups is 1. The van der Waals surface area contributed by atoms with Gasteiger partial charge in [0.2, 0.25) is 17.7 Å². The number of aryl methyl sites for hydroxylation is 1. The van der Waals surface area contributed by atoms with E-state index in [0.717, 1.165) is 48.9 Å². The van der Waals surface area contributed by atoms with Crippen molar-refractivity contribution < 1.29 is 33.4 Å². The van der Waals surface area contributed by atoms with Gasteiger partial charge in [-0.25, -0.2) is 0 Å². The van der Waals surface area contributed by atoms with Crippen molar-refractivity contribution in [3.8, 4) is 17.2 Å². The Morgan fingerprint density at radius 2 is 1.70 bits per heavy atom. The molecule has 1 unspecified atom stereocenters. The van der Waals surface area contributed by atoms with Gasteiger partial charge in [0.25, 0.3) is 11.8 Å². The van der Waals surface area contributed by atoms with E-state index < -0.39 is 29.8 Å². The Morgan fingerprint density at radius 3 is 2.43 bits per heavy atom. The first-order valence-electron chi connectivity index (χ1n) is 20.1. The standard InChI is InChI=1S/C44H47ClN8O7/c1-25(39-41-51-50-27(3)53(41)33-18-17-30(59-4)23-32(33)40(49-39)28-13-15-29(45)16-14-28)42(56)47-22-9-7-5-6-8-21-46-37(55)24-60-35-12-10-11-31-26(2)52(44(58)38(31)35)34-19-20-36(54)48-43(34)57/h10-18,23,25,34,39H,2,5-9,19-22,24H2,1,3-4H3,(H,46,55)(H,47,56)(H,48,54,57)/t25-,34?,39+/m1/s1. The van der Waals surface area contributed by atoms with Crippen LogP contribution in [0.25, 0.3) is 11.4 Å². The number of amides is 5. The summed E-state index contributed by atoms with van der Waals surface area (Å²) in [6.45, 7) is 8.42. The number of aromatic nitrogens is 3. The van der Waals surface area contributed by atoms with Gasteiger partial charge in [-0.2, -0.15) is 0 Å². The van der Waals surface area contributed by atoms with Crippen molar-refractivity contribution in [1.82, 2.24) is 35.6 Å².